The number of hydrogen-bond acceptors (Lipinski definition) is 12. The minimum atomic E-state index is -1.81. The molecule has 22 heteroatoms. The number of nitrogens with one attached hydrogen (secondary N) is 6. The Balaban J connectivity index is 2.50. The van der Waals surface area contributed by atoms with E-state index in [2.05, 4.69) is 31.9 Å². The van der Waals surface area contributed by atoms with Crippen molar-refractivity contribution in [1.29, 1.82) is 0 Å². The number of rotatable bonds is 28. The first-order chi connectivity index (χ1) is 32.2. The predicted octanol–water partition coefficient (Wildman–Crippen LogP) is 1.83. The van der Waals surface area contributed by atoms with Crippen molar-refractivity contribution < 1.29 is 63.1 Å². The van der Waals surface area contributed by atoms with Gasteiger partial charge in [-0.15, -0.1) is 0 Å². The van der Waals surface area contributed by atoms with Crippen LogP contribution in [0.3, 0.4) is 0 Å². The molecule has 22 nitrogen and oxygen atoms in total. The maximum atomic E-state index is 14.4. The van der Waals surface area contributed by atoms with E-state index < -0.39 is 131 Å². The average Bonchev–Trinajstić information content (AvgIpc) is 3.26. The second kappa shape index (κ2) is 26.9. The number of hydrogen-bond donors (Lipinski definition) is 9. The molecule has 0 aromatic heterocycles. The van der Waals surface area contributed by atoms with Crippen LogP contribution < -0.4 is 37.6 Å². The van der Waals surface area contributed by atoms with Crippen molar-refractivity contribution in [2.75, 3.05) is 0 Å². The van der Waals surface area contributed by atoms with Crippen LogP contribution in [0.4, 0.5) is 5.69 Å². The highest BCUT2D eigenvalue weighted by Crippen LogP contribution is 2.22. The summed E-state index contributed by atoms with van der Waals surface area (Å²) in [6, 6.07) is 2.89. The average molecular weight is 967 g/mol. The number of benzene rings is 2. The van der Waals surface area contributed by atoms with E-state index in [4.69, 9.17) is 5.73 Å². The number of carbonyl (C=O) groups is 10. The fraction of sp³-hybridized carbons (Fsp3) is 0.532. The minimum absolute atomic E-state index is 0.0822. The molecule has 0 heterocycles. The molecule has 69 heavy (non-hydrogen) atoms. The number of carboxylic acids is 2. The number of aryl methyl sites for hydroxylation is 1. The van der Waals surface area contributed by atoms with Gasteiger partial charge in [0.05, 0.1) is 23.3 Å². The number of non-ortho nitro benzene ring substituents is 1. The molecule has 0 unspecified atom stereocenters. The van der Waals surface area contributed by atoms with Crippen molar-refractivity contribution in [3.63, 3.8) is 0 Å². The molecule has 2 aromatic carbocycles. The van der Waals surface area contributed by atoms with Crippen molar-refractivity contribution in [1.82, 2.24) is 31.9 Å². The highest BCUT2D eigenvalue weighted by atomic mass is 16.6. The van der Waals surface area contributed by atoms with Gasteiger partial charge in [-0.3, -0.25) is 58.1 Å². The number of aliphatic carboxylic acids is 2. The molecule has 0 radical (unpaired) electrons. The summed E-state index contributed by atoms with van der Waals surface area (Å²) >= 11 is 0. The number of carboxylic acid groups (broad SMARTS) is 2. The van der Waals surface area contributed by atoms with Gasteiger partial charge >= 0.3 is 11.9 Å². The summed E-state index contributed by atoms with van der Waals surface area (Å²) in [4.78, 5) is 142. The van der Waals surface area contributed by atoms with Gasteiger partial charge in [0.25, 0.3) is 11.6 Å². The van der Waals surface area contributed by atoms with Crippen LogP contribution in [0.1, 0.15) is 116 Å². The molecular formula is C47H66N8O14. The Morgan fingerprint density at radius 3 is 1.71 bits per heavy atom. The topological polar surface area (TPSA) is 352 Å². The van der Waals surface area contributed by atoms with E-state index in [9.17, 15) is 68.3 Å². The smallest absolute Gasteiger partial charge is 0.305 e. The molecule has 2 aromatic rings. The van der Waals surface area contributed by atoms with Crippen LogP contribution >= 0.6 is 0 Å². The van der Waals surface area contributed by atoms with Gasteiger partial charge in [0, 0.05) is 25.0 Å². The normalized spacial score (nSPS) is 14.3. The first-order valence-corrected chi connectivity index (χ1v) is 22.5. The van der Waals surface area contributed by atoms with Crippen molar-refractivity contribution >= 4 is 64.8 Å². The number of amides is 7. The van der Waals surface area contributed by atoms with Crippen LogP contribution in [0.15, 0.2) is 48.5 Å². The number of nitrogens with two attached hydrogens (primary N) is 1. The summed E-state index contributed by atoms with van der Waals surface area (Å²) in [6.07, 6.45) is -1.09. The Morgan fingerprint density at radius 2 is 1.19 bits per heavy atom. The van der Waals surface area contributed by atoms with E-state index >= 15 is 0 Å². The van der Waals surface area contributed by atoms with Crippen molar-refractivity contribution in [2.45, 2.75) is 149 Å². The highest BCUT2D eigenvalue weighted by molar-refractivity contribution is 6.37. The number of ketones is 1. The second-order valence-corrected chi connectivity index (χ2v) is 18.3. The lowest BCUT2D eigenvalue weighted by molar-refractivity contribution is -0.384. The lowest BCUT2D eigenvalue weighted by atomic mass is 9.85. The molecule has 0 aliphatic rings. The van der Waals surface area contributed by atoms with Crippen LogP contribution in [0.5, 0.6) is 0 Å². The number of Topliss-reactive ketones (excluding diaryl/α,β-unsaturated/α-hetero) is 1. The number of nitro benzene ring substituents is 1. The van der Waals surface area contributed by atoms with Gasteiger partial charge in [0.15, 0.2) is 0 Å². The highest BCUT2D eigenvalue weighted by Gasteiger charge is 2.39. The SMILES string of the molecule is CCCC[C@H](NC(=O)[C@H](CC(C)C)NC(=O)[C@@H](NC(=O)[C@H](Cc1ccccc1C)NC(=O)[C@H](CCC(=O)O)NC(=O)[C@H](CC(=O)O)NC(=O)[C@@H](C)c1ccc([N+](=O)[O-])cc1)C(C)(C)C)C(=O)C(N)=O. The van der Waals surface area contributed by atoms with Gasteiger partial charge in [0.1, 0.15) is 30.2 Å². The summed E-state index contributed by atoms with van der Waals surface area (Å²) < 4.78 is 0. The molecule has 0 aliphatic heterocycles. The second-order valence-electron chi connectivity index (χ2n) is 18.3. The maximum Gasteiger partial charge on any atom is 0.305 e. The van der Waals surface area contributed by atoms with Crippen LogP contribution in [0, 0.1) is 28.4 Å². The number of nitrogens with zero attached hydrogens (tertiary/aromatic N) is 1. The zero-order valence-corrected chi connectivity index (χ0v) is 40.2. The summed E-state index contributed by atoms with van der Waals surface area (Å²) in [5.41, 5.74) is 5.51. The van der Waals surface area contributed by atoms with Crippen LogP contribution in [-0.4, -0.2) is 110 Å². The Kier molecular flexibility index (Phi) is 22.6. The van der Waals surface area contributed by atoms with Gasteiger partial charge in [-0.05, 0) is 61.1 Å². The van der Waals surface area contributed by atoms with Crippen molar-refractivity contribution in [3.05, 3.63) is 75.3 Å². The fourth-order valence-corrected chi connectivity index (χ4v) is 7.06. The fourth-order valence-electron chi connectivity index (χ4n) is 7.06. The third kappa shape index (κ3) is 19.1. The van der Waals surface area contributed by atoms with Gasteiger partial charge in [-0.2, -0.15) is 0 Å². The van der Waals surface area contributed by atoms with Gasteiger partial charge in [0.2, 0.25) is 41.2 Å². The Bertz CT molecular complexity index is 2210. The molecule has 0 aliphatic carbocycles. The van der Waals surface area contributed by atoms with Crippen LogP contribution in [0.2, 0.25) is 0 Å². The molecule has 0 saturated carbocycles. The standard InChI is InChI=1S/C47H66N8O14/c1-9-10-15-31(38(60)40(48)61)49-43(64)33(22-25(2)3)53-46(67)39(47(6,7)8)54-45(66)34(23-29-14-12-11-13-26(29)4)52-42(63)32(20-21-36(56)57)50-44(65)35(24-37(58)59)51-41(62)27(5)28-16-18-30(19-17-28)55(68)69/h11-14,16-19,25,27,31-35,39H,9-10,15,20-24H2,1-8H3,(H2,48,61)(H,49,64)(H,50,65)(H,51,62)(H,52,63)(H,53,67)(H,54,66)(H,56,57)(H,58,59)/t27-,31-,32-,33-,34-,35-,39+/m0/s1. The zero-order valence-electron chi connectivity index (χ0n) is 40.2. The molecule has 0 bridgehead atoms. The van der Waals surface area contributed by atoms with E-state index in [0.29, 0.717) is 29.5 Å². The lowest BCUT2D eigenvalue weighted by Gasteiger charge is -2.34. The van der Waals surface area contributed by atoms with E-state index in [1.165, 1.54) is 19.1 Å². The van der Waals surface area contributed by atoms with E-state index in [1.54, 1.807) is 65.8 Å². The van der Waals surface area contributed by atoms with Gasteiger partial charge in [-0.25, -0.2) is 0 Å². The Morgan fingerprint density at radius 1 is 0.667 bits per heavy atom. The summed E-state index contributed by atoms with van der Waals surface area (Å²) in [6.45, 7) is 13.5. The molecule has 2 rings (SSSR count). The third-order valence-corrected chi connectivity index (χ3v) is 11.1. The molecular weight excluding hydrogens is 901 g/mol. The first-order valence-electron chi connectivity index (χ1n) is 22.5. The molecule has 10 N–H and O–H groups in total. The predicted molar refractivity (Wildman–Crippen MR) is 250 cm³/mol. The zero-order chi connectivity index (χ0) is 52.3. The number of carbonyl (C=O) groups excluding carboxylic acids is 8. The maximum absolute atomic E-state index is 14.4. The molecule has 0 spiro atoms. The summed E-state index contributed by atoms with van der Waals surface area (Å²) in [7, 11) is 0. The number of primary amides is 1. The number of unbranched alkanes of at least 4 members (excludes halogenated alkanes) is 1. The quantitative estimate of drug-likeness (QED) is 0.0334. The molecule has 7 amide bonds. The van der Waals surface area contributed by atoms with E-state index in [-0.39, 0.29) is 30.9 Å². The third-order valence-electron chi connectivity index (χ3n) is 11.1. The van der Waals surface area contributed by atoms with Crippen LogP contribution in [-0.2, 0) is 54.4 Å². The van der Waals surface area contributed by atoms with E-state index in [0.717, 1.165) is 12.1 Å². The summed E-state index contributed by atoms with van der Waals surface area (Å²) in [5.74, 6) is -12.0. The van der Waals surface area contributed by atoms with Crippen LogP contribution in [0.25, 0.3) is 0 Å². The molecule has 0 fully saturated rings. The number of nitro groups is 1. The first kappa shape index (κ1) is 57.9. The van der Waals surface area contributed by atoms with E-state index in [1.807, 2.05) is 6.92 Å². The lowest BCUT2D eigenvalue weighted by Crippen LogP contribution is -2.62. The van der Waals surface area contributed by atoms with Crippen molar-refractivity contribution in [3.8, 4) is 0 Å². The minimum Gasteiger partial charge on any atom is -0.481 e. The van der Waals surface area contributed by atoms with Gasteiger partial charge in [-0.1, -0.05) is 90.8 Å². The molecule has 0 saturated heterocycles. The van der Waals surface area contributed by atoms with Gasteiger partial charge < -0.3 is 47.8 Å². The Hall–Kier alpha value is -7.26. The molecule has 7 atom stereocenters. The summed E-state index contributed by atoms with van der Waals surface area (Å²) in [5, 5.41) is 45.4. The monoisotopic (exact) mass is 966 g/mol. The Labute approximate surface area is 400 Å². The van der Waals surface area contributed by atoms with Crippen molar-refractivity contribution in [2.24, 2.45) is 17.1 Å². The molecule has 378 valence electrons. The largest absolute Gasteiger partial charge is 0.481 e.